The van der Waals surface area contributed by atoms with Crippen molar-refractivity contribution in [2.75, 3.05) is 0 Å². The average Bonchev–Trinajstić information content (AvgIpc) is 2.96. The highest BCUT2D eigenvalue weighted by atomic mass is 35.5. The number of rotatable bonds is 2. The minimum absolute atomic E-state index is 0.251. The van der Waals surface area contributed by atoms with Gasteiger partial charge in [-0.1, -0.05) is 11.6 Å². The standard InChI is InChI=1S/C11H8ClN5O/c12-10-9(16-5-4-14-11(16)18)7-17(15-10)8-2-1-3-13-6-8/h1-7H,(H,14,18). The lowest BCUT2D eigenvalue weighted by molar-refractivity contribution is 0.873. The molecule has 1 N–H and O–H groups in total. The van der Waals surface area contributed by atoms with Crippen molar-refractivity contribution >= 4 is 11.6 Å². The maximum Gasteiger partial charge on any atom is 0.330 e. The molecule has 0 aliphatic heterocycles. The third-order valence-corrected chi connectivity index (χ3v) is 2.74. The molecule has 0 amide bonds. The molecule has 7 heteroatoms. The molecular weight excluding hydrogens is 254 g/mol. The molecule has 0 radical (unpaired) electrons. The third-order valence-electron chi connectivity index (χ3n) is 2.47. The Morgan fingerprint density at radius 2 is 2.28 bits per heavy atom. The van der Waals surface area contributed by atoms with Gasteiger partial charge in [-0.15, -0.1) is 0 Å². The van der Waals surface area contributed by atoms with Gasteiger partial charge in [0, 0.05) is 18.6 Å². The normalized spacial score (nSPS) is 10.7. The van der Waals surface area contributed by atoms with Crippen LogP contribution in [0.2, 0.25) is 5.15 Å². The molecule has 6 nitrogen and oxygen atoms in total. The molecule has 3 rings (SSSR count). The Labute approximate surface area is 106 Å². The van der Waals surface area contributed by atoms with E-state index in [1.165, 1.54) is 4.57 Å². The van der Waals surface area contributed by atoms with E-state index in [-0.39, 0.29) is 10.8 Å². The fourth-order valence-electron chi connectivity index (χ4n) is 1.64. The van der Waals surface area contributed by atoms with Gasteiger partial charge in [-0.3, -0.25) is 9.55 Å². The minimum Gasteiger partial charge on any atom is -0.312 e. The summed E-state index contributed by atoms with van der Waals surface area (Å²) >= 11 is 6.03. The summed E-state index contributed by atoms with van der Waals surface area (Å²) in [5.41, 5.74) is 1.03. The lowest BCUT2D eigenvalue weighted by atomic mass is 10.4. The van der Waals surface area contributed by atoms with Crippen molar-refractivity contribution in [2.45, 2.75) is 0 Å². The SMILES string of the molecule is O=c1[nH]ccn1-c1cn(-c2cccnc2)nc1Cl. The van der Waals surface area contributed by atoms with Crippen LogP contribution in [0.1, 0.15) is 0 Å². The lowest BCUT2D eigenvalue weighted by Gasteiger charge is -1.98. The quantitative estimate of drug-likeness (QED) is 0.758. The van der Waals surface area contributed by atoms with E-state index in [1.54, 1.807) is 41.7 Å². The summed E-state index contributed by atoms with van der Waals surface area (Å²) in [7, 11) is 0. The molecule has 0 spiro atoms. The monoisotopic (exact) mass is 261 g/mol. The second kappa shape index (κ2) is 4.15. The first-order valence-corrected chi connectivity index (χ1v) is 5.55. The molecule has 90 valence electrons. The van der Waals surface area contributed by atoms with Gasteiger partial charge in [0.15, 0.2) is 5.15 Å². The number of H-pyrrole nitrogens is 1. The Bertz CT molecular complexity index is 727. The predicted octanol–water partition coefficient (Wildman–Crippen LogP) is 1.40. The second-order valence-electron chi connectivity index (χ2n) is 3.60. The van der Waals surface area contributed by atoms with Gasteiger partial charge in [0.05, 0.1) is 18.1 Å². The van der Waals surface area contributed by atoms with Crippen LogP contribution >= 0.6 is 11.6 Å². The lowest BCUT2D eigenvalue weighted by Crippen LogP contribution is -2.13. The van der Waals surface area contributed by atoms with Gasteiger partial charge in [0.1, 0.15) is 5.69 Å². The summed E-state index contributed by atoms with van der Waals surface area (Å²) in [6, 6.07) is 3.65. The zero-order valence-electron chi connectivity index (χ0n) is 9.12. The van der Waals surface area contributed by atoms with E-state index in [9.17, 15) is 4.79 Å². The highest BCUT2D eigenvalue weighted by Gasteiger charge is 2.11. The van der Waals surface area contributed by atoms with Gasteiger partial charge in [-0.2, -0.15) is 5.10 Å². The molecular formula is C11H8ClN5O. The first-order chi connectivity index (χ1) is 8.75. The predicted molar refractivity (Wildman–Crippen MR) is 66.3 cm³/mol. The van der Waals surface area contributed by atoms with Crippen molar-refractivity contribution in [3.63, 3.8) is 0 Å². The van der Waals surface area contributed by atoms with E-state index in [1.807, 2.05) is 6.07 Å². The summed E-state index contributed by atoms with van der Waals surface area (Å²) in [6.45, 7) is 0. The number of hydrogen-bond acceptors (Lipinski definition) is 3. The second-order valence-corrected chi connectivity index (χ2v) is 3.95. The van der Waals surface area contributed by atoms with Gasteiger partial charge >= 0.3 is 5.69 Å². The maximum atomic E-state index is 11.5. The zero-order chi connectivity index (χ0) is 12.5. The van der Waals surface area contributed by atoms with Gasteiger partial charge < -0.3 is 4.98 Å². The number of hydrogen-bond donors (Lipinski definition) is 1. The van der Waals surface area contributed by atoms with Crippen molar-refractivity contribution in [2.24, 2.45) is 0 Å². The van der Waals surface area contributed by atoms with Crippen LogP contribution in [0.25, 0.3) is 11.4 Å². The molecule has 0 saturated carbocycles. The Kier molecular flexibility index (Phi) is 2.49. The van der Waals surface area contributed by atoms with Crippen LogP contribution in [-0.4, -0.2) is 24.3 Å². The summed E-state index contributed by atoms with van der Waals surface area (Å²) in [5, 5.41) is 4.40. The van der Waals surface area contributed by atoms with Crippen LogP contribution in [0.4, 0.5) is 0 Å². The topological polar surface area (TPSA) is 68.5 Å². The minimum atomic E-state index is -0.261. The first kappa shape index (κ1) is 10.8. The smallest absolute Gasteiger partial charge is 0.312 e. The Balaban J connectivity index is 2.13. The van der Waals surface area contributed by atoms with Crippen LogP contribution in [0, 0.1) is 0 Å². The molecule has 0 unspecified atom stereocenters. The van der Waals surface area contributed by atoms with Gasteiger partial charge in [-0.25, -0.2) is 9.48 Å². The summed E-state index contributed by atoms with van der Waals surface area (Å²) < 4.78 is 2.96. The largest absolute Gasteiger partial charge is 0.330 e. The van der Waals surface area contributed by atoms with E-state index < -0.39 is 0 Å². The number of imidazole rings is 1. The number of nitrogens with one attached hydrogen (secondary N) is 1. The summed E-state index contributed by atoms with van der Waals surface area (Å²) in [4.78, 5) is 18.1. The van der Waals surface area contributed by atoms with E-state index in [4.69, 9.17) is 11.6 Å². The van der Waals surface area contributed by atoms with Gasteiger partial charge in [0.25, 0.3) is 0 Å². The van der Waals surface area contributed by atoms with Gasteiger partial charge in [0.2, 0.25) is 0 Å². The Morgan fingerprint density at radius 3 is 2.94 bits per heavy atom. The molecule has 0 aliphatic rings. The number of halogens is 1. The van der Waals surface area contributed by atoms with Crippen molar-refractivity contribution in [3.05, 3.63) is 58.8 Å². The summed E-state index contributed by atoms with van der Waals surface area (Å²) in [5.74, 6) is 0. The molecule has 3 aromatic rings. The highest BCUT2D eigenvalue weighted by Crippen LogP contribution is 2.18. The zero-order valence-corrected chi connectivity index (χ0v) is 9.87. The maximum absolute atomic E-state index is 11.5. The van der Waals surface area contributed by atoms with Gasteiger partial charge in [-0.05, 0) is 12.1 Å². The Hall–Kier alpha value is -2.34. The molecule has 18 heavy (non-hydrogen) atoms. The first-order valence-electron chi connectivity index (χ1n) is 5.18. The van der Waals surface area contributed by atoms with Crippen molar-refractivity contribution in [3.8, 4) is 11.4 Å². The molecule has 0 atom stereocenters. The van der Waals surface area contributed by atoms with Crippen LogP contribution in [0.5, 0.6) is 0 Å². The van der Waals surface area contributed by atoms with Crippen LogP contribution in [-0.2, 0) is 0 Å². The van der Waals surface area contributed by atoms with Crippen molar-refractivity contribution < 1.29 is 0 Å². The average molecular weight is 262 g/mol. The van der Waals surface area contributed by atoms with E-state index in [0.717, 1.165) is 5.69 Å². The van der Waals surface area contributed by atoms with E-state index in [0.29, 0.717) is 5.69 Å². The van der Waals surface area contributed by atoms with E-state index >= 15 is 0 Å². The summed E-state index contributed by atoms with van der Waals surface area (Å²) in [6.07, 6.45) is 8.15. The molecule has 0 fully saturated rings. The van der Waals surface area contributed by atoms with E-state index in [2.05, 4.69) is 15.1 Å². The number of aromatic amines is 1. The number of aromatic nitrogens is 5. The van der Waals surface area contributed by atoms with Crippen molar-refractivity contribution in [1.29, 1.82) is 0 Å². The third kappa shape index (κ3) is 1.72. The molecule has 0 bridgehead atoms. The van der Waals surface area contributed by atoms with Crippen molar-refractivity contribution in [1.82, 2.24) is 24.3 Å². The molecule has 0 aromatic carbocycles. The number of nitrogens with zero attached hydrogens (tertiary/aromatic N) is 4. The molecule has 3 aromatic heterocycles. The van der Waals surface area contributed by atoms with Crippen LogP contribution in [0.3, 0.4) is 0 Å². The fourth-order valence-corrected chi connectivity index (χ4v) is 1.86. The van der Waals surface area contributed by atoms with Crippen LogP contribution in [0.15, 0.2) is 47.9 Å². The molecule has 0 aliphatic carbocycles. The number of pyridine rings is 1. The fraction of sp³-hybridized carbons (Fsp3) is 0. The molecule has 0 saturated heterocycles. The highest BCUT2D eigenvalue weighted by molar-refractivity contribution is 6.31. The van der Waals surface area contributed by atoms with Crippen LogP contribution < -0.4 is 5.69 Å². The Morgan fingerprint density at radius 1 is 1.39 bits per heavy atom. The molecule has 3 heterocycles.